The zero-order chi connectivity index (χ0) is 11.6. The van der Waals surface area contributed by atoms with Gasteiger partial charge in [-0.05, 0) is 48.9 Å². The first kappa shape index (κ1) is 10.6. The molecule has 3 fully saturated rings. The largest absolute Gasteiger partial charge is 0.465 e. The molecule has 0 aromatic rings. The van der Waals surface area contributed by atoms with Gasteiger partial charge in [0.1, 0.15) is 0 Å². The number of cyclic esters (lactones) is 1. The van der Waals surface area contributed by atoms with E-state index in [1.165, 1.54) is 12.8 Å². The molecule has 1 aliphatic heterocycles. The zero-order valence-electron chi connectivity index (χ0n) is 10.6. The van der Waals surface area contributed by atoms with Crippen LogP contribution in [-0.4, -0.2) is 12.6 Å². The van der Waals surface area contributed by atoms with Gasteiger partial charge in [-0.25, -0.2) is 0 Å². The highest BCUT2D eigenvalue weighted by molar-refractivity contribution is 5.79. The molecule has 0 amide bonds. The summed E-state index contributed by atoms with van der Waals surface area (Å²) in [4.78, 5) is 11.9. The van der Waals surface area contributed by atoms with Crippen LogP contribution >= 0.6 is 0 Å². The number of ether oxygens (including phenoxy) is 1. The molecule has 2 saturated carbocycles. The Labute approximate surface area is 97.7 Å². The average Bonchev–Trinajstić information content (AvgIpc) is 2.81. The number of hydrogen-bond donors (Lipinski definition) is 0. The molecule has 3 rings (SSSR count). The summed E-state index contributed by atoms with van der Waals surface area (Å²) in [5, 5.41) is 0. The van der Waals surface area contributed by atoms with Gasteiger partial charge in [-0.1, -0.05) is 20.8 Å². The summed E-state index contributed by atoms with van der Waals surface area (Å²) < 4.78 is 5.23. The summed E-state index contributed by atoms with van der Waals surface area (Å²) >= 11 is 0. The maximum atomic E-state index is 11.9. The molecule has 1 saturated heterocycles. The topological polar surface area (TPSA) is 26.3 Å². The van der Waals surface area contributed by atoms with E-state index < -0.39 is 0 Å². The van der Waals surface area contributed by atoms with E-state index in [1.807, 2.05) is 0 Å². The lowest BCUT2D eigenvalue weighted by Gasteiger charge is -2.39. The van der Waals surface area contributed by atoms with Gasteiger partial charge in [0.2, 0.25) is 0 Å². The monoisotopic (exact) mass is 222 g/mol. The second-order valence-corrected chi connectivity index (χ2v) is 7.15. The van der Waals surface area contributed by atoms with Crippen molar-refractivity contribution in [3.63, 3.8) is 0 Å². The van der Waals surface area contributed by atoms with Gasteiger partial charge < -0.3 is 4.74 Å². The van der Waals surface area contributed by atoms with E-state index in [-0.39, 0.29) is 11.4 Å². The fourth-order valence-electron chi connectivity index (χ4n) is 4.62. The Morgan fingerprint density at radius 1 is 1.31 bits per heavy atom. The molecule has 90 valence electrons. The molecule has 2 heteroatoms. The lowest BCUT2D eigenvalue weighted by molar-refractivity contribution is -0.149. The summed E-state index contributed by atoms with van der Waals surface area (Å²) in [6.07, 6.45) is 4.63. The van der Waals surface area contributed by atoms with Crippen LogP contribution in [-0.2, 0) is 9.53 Å². The predicted molar refractivity (Wildman–Crippen MR) is 61.8 cm³/mol. The SMILES string of the molecule is CC(C)(C)C1CC2CC1CC21CCOC1=O. The molecule has 4 atom stereocenters. The van der Waals surface area contributed by atoms with Crippen LogP contribution in [0.25, 0.3) is 0 Å². The zero-order valence-corrected chi connectivity index (χ0v) is 10.6. The first-order chi connectivity index (χ1) is 7.43. The molecular weight excluding hydrogens is 200 g/mol. The maximum Gasteiger partial charge on any atom is 0.312 e. The summed E-state index contributed by atoms with van der Waals surface area (Å²) in [6, 6.07) is 0. The van der Waals surface area contributed by atoms with E-state index in [0.717, 1.165) is 24.7 Å². The molecule has 0 aromatic heterocycles. The third kappa shape index (κ3) is 1.22. The second-order valence-electron chi connectivity index (χ2n) is 7.15. The molecule has 0 N–H and O–H groups in total. The Balaban J connectivity index is 1.83. The van der Waals surface area contributed by atoms with Crippen molar-refractivity contribution in [3.8, 4) is 0 Å². The number of carbonyl (C=O) groups excluding carboxylic acids is 1. The van der Waals surface area contributed by atoms with Crippen LogP contribution in [0, 0.1) is 28.6 Å². The predicted octanol–water partition coefficient (Wildman–Crippen LogP) is 3.01. The quantitative estimate of drug-likeness (QED) is 0.589. The Morgan fingerprint density at radius 3 is 2.50 bits per heavy atom. The lowest BCUT2D eigenvalue weighted by Crippen LogP contribution is -2.37. The van der Waals surface area contributed by atoms with Crippen molar-refractivity contribution in [1.82, 2.24) is 0 Å². The van der Waals surface area contributed by atoms with Crippen LogP contribution < -0.4 is 0 Å². The first-order valence-corrected chi connectivity index (χ1v) is 6.61. The van der Waals surface area contributed by atoms with Crippen LogP contribution in [0.1, 0.15) is 46.5 Å². The average molecular weight is 222 g/mol. The number of fused-ring (bicyclic) bond motifs is 3. The Morgan fingerprint density at radius 2 is 2.06 bits per heavy atom. The third-order valence-electron chi connectivity index (χ3n) is 5.40. The van der Waals surface area contributed by atoms with Gasteiger partial charge in [-0.3, -0.25) is 4.79 Å². The number of rotatable bonds is 0. The standard InChI is InChI=1S/C14H22O2/c1-13(2,3)11-7-10-6-9(11)8-14(10)4-5-16-12(14)15/h9-11H,4-8H2,1-3H3. The minimum absolute atomic E-state index is 0.0492. The minimum Gasteiger partial charge on any atom is -0.465 e. The van der Waals surface area contributed by atoms with E-state index in [1.54, 1.807) is 0 Å². The van der Waals surface area contributed by atoms with Crippen molar-refractivity contribution in [1.29, 1.82) is 0 Å². The summed E-state index contributed by atoms with van der Waals surface area (Å²) in [7, 11) is 0. The van der Waals surface area contributed by atoms with E-state index in [9.17, 15) is 4.79 Å². The van der Waals surface area contributed by atoms with Crippen molar-refractivity contribution in [2.75, 3.05) is 6.61 Å². The summed E-state index contributed by atoms with van der Waals surface area (Å²) in [5.41, 5.74) is 0.357. The first-order valence-electron chi connectivity index (χ1n) is 6.61. The molecule has 3 aliphatic rings. The second kappa shape index (κ2) is 3.02. The number of carbonyl (C=O) groups is 1. The van der Waals surface area contributed by atoms with Gasteiger partial charge in [0.25, 0.3) is 0 Å². The molecule has 16 heavy (non-hydrogen) atoms. The summed E-state index contributed by atoms with van der Waals surface area (Å²) in [5.74, 6) is 2.33. The van der Waals surface area contributed by atoms with Crippen molar-refractivity contribution >= 4 is 5.97 Å². The molecule has 2 bridgehead atoms. The Bertz CT molecular complexity index is 328. The lowest BCUT2D eigenvalue weighted by atomic mass is 9.63. The number of esters is 1. The molecule has 1 spiro atoms. The van der Waals surface area contributed by atoms with Crippen LogP contribution in [0.4, 0.5) is 0 Å². The van der Waals surface area contributed by atoms with Gasteiger partial charge in [0, 0.05) is 0 Å². The normalized spacial score (nSPS) is 46.7. The van der Waals surface area contributed by atoms with Crippen molar-refractivity contribution in [3.05, 3.63) is 0 Å². The van der Waals surface area contributed by atoms with E-state index in [4.69, 9.17) is 4.74 Å². The highest BCUT2D eigenvalue weighted by Gasteiger charge is 2.62. The van der Waals surface area contributed by atoms with Crippen LogP contribution in [0.3, 0.4) is 0 Å². The van der Waals surface area contributed by atoms with Crippen molar-refractivity contribution < 1.29 is 9.53 Å². The smallest absolute Gasteiger partial charge is 0.312 e. The van der Waals surface area contributed by atoms with Crippen molar-refractivity contribution in [2.45, 2.75) is 46.5 Å². The molecule has 0 aromatic carbocycles. The van der Waals surface area contributed by atoms with Gasteiger partial charge in [0.15, 0.2) is 0 Å². The molecule has 2 nitrogen and oxygen atoms in total. The molecular formula is C14H22O2. The highest BCUT2D eigenvalue weighted by atomic mass is 16.5. The van der Waals surface area contributed by atoms with Gasteiger partial charge >= 0.3 is 5.97 Å². The maximum absolute atomic E-state index is 11.9. The van der Waals surface area contributed by atoms with Crippen LogP contribution in [0.5, 0.6) is 0 Å². The fourth-order valence-corrected chi connectivity index (χ4v) is 4.62. The third-order valence-corrected chi connectivity index (χ3v) is 5.40. The van der Waals surface area contributed by atoms with E-state index in [0.29, 0.717) is 17.9 Å². The van der Waals surface area contributed by atoms with Gasteiger partial charge in [-0.15, -0.1) is 0 Å². The Kier molecular flexibility index (Phi) is 2.01. The van der Waals surface area contributed by atoms with Crippen LogP contribution in [0.15, 0.2) is 0 Å². The molecule has 2 aliphatic carbocycles. The van der Waals surface area contributed by atoms with E-state index in [2.05, 4.69) is 20.8 Å². The van der Waals surface area contributed by atoms with Gasteiger partial charge in [-0.2, -0.15) is 0 Å². The van der Waals surface area contributed by atoms with Crippen LogP contribution in [0.2, 0.25) is 0 Å². The molecule has 4 unspecified atom stereocenters. The van der Waals surface area contributed by atoms with E-state index >= 15 is 0 Å². The fraction of sp³-hybridized carbons (Fsp3) is 0.929. The van der Waals surface area contributed by atoms with Crippen molar-refractivity contribution in [2.24, 2.45) is 28.6 Å². The molecule has 1 heterocycles. The Hall–Kier alpha value is -0.530. The number of hydrogen-bond acceptors (Lipinski definition) is 2. The molecule has 0 radical (unpaired) electrons. The van der Waals surface area contributed by atoms with Gasteiger partial charge in [0.05, 0.1) is 12.0 Å². The summed E-state index contributed by atoms with van der Waals surface area (Å²) in [6.45, 7) is 7.70. The minimum atomic E-state index is -0.0492. The highest BCUT2D eigenvalue weighted by Crippen LogP contribution is 2.64.